The van der Waals surface area contributed by atoms with Crippen molar-refractivity contribution in [2.45, 2.75) is 6.54 Å². The van der Waals surface area contributed by atoms with Crippen molar-refractivity contribution in [2.24, 2.45) is 7.05 Å². The van der Waals surface area contributed by atoms with Gasteiger partial charge in [-0.1, -0.05) is 11.6 Å². The van der Waals surface area contributed by atoms with E-state index in [2.05, 4.69) is 15.4 Å². The van der Waals surface area contributed by atoms with E-state index in [4.69, 9.17) is 16.7 Å². The molecule has 2 N–H and O–H groups in total. The Hall–Kier alpha value is -2.08. The number of hydrogen-bond donors (Lipinski definition) is 2. The number of pyridine rings is 1. The number of nitrogens with one attached hydrogen (secondary N) is 1. The lowest BCUT2D eigenvalue weighted by Crippen LogP contribution is -2.04. The molecule has 0 atom stereocenters. The highest BCUT2D eigenvalue weighted by molar-refractivity contribution is 6.29. The number of hydrogen-bond acceptors (Lipinski definition) is 4. The summed E-state index contributed by atoms with van der Waals surface area (Å²) in [5.41, 5.74) is 1.07. The molecule has 18 heavy (non-hydrogen) atoms. The minimum absolute atomic E-state index is 0.101. The lowest BCUT2D eigenvalue weighted by molar-refractivity contribution is 0.0697. The molecule has 0 aliphatic carbocycles. The summed E-state index contributed by atoms with van der Waals surface area (Å²) in [6.45, 7) is 0.500. The average Bonchev–Trinajstić information content (AvgIpc) is 2.72. The molecule has 0 unspecified atom stereocenters. The van der Waals surface area contributed by atoms with Crippen LogP contribution >= 0.6 is 11.6 Å². The largest absolute Gasteiger partial charge is 0.478 e. The fourth-order valence-electron chi connectivity index (χ4n) is 1.47. The molecule has 94 valence electrons. The lowest BCUT2D eigenvalue weighted by atomic mass is 10.2. The number of aromatic nitrogens is 3. The molecule has 7 heteroatoms. The molecule has 0 aromatic carbocycles. The van der Waals surface area contributed by atoms with Crippen molar-refractivity contribution < 1.29 is 9.90 Å². The van der Waals surface area contributed by atoms with Crippen LogP contribution in [0.3, 0.4) is 0 Å². The molecule has 0 amide bonds. The number of aryl methyl sites for hydroxylation is 1. The van der Waals surface area contributed by atoms with Gasteiger partial charge in [0.1, 0.15) is 11.0 Å². The first-order valence-electron chi connectivity index (χ1n) is 5.17. The van der Waals surface area contributed by atoms with Gasteiger partial charge in [0.15, 0.2) is 0 Å². The van der Waals surface area contributed by atoms with E-state index in [9.17, 15) is 4.79 Å². The molecule has 0 aliphatic rings. The molecule has 0 saturated heterocycles. The molecule has 2 aromatic rings. The van der Waals surface area contributed by atoms with Crippen LogP contribution in [-0.4, -0.2) is 25.8 Å². The molecule has 0 fully saturated rings. The summed E-state index contributed by atoms with van der Waals surface area (Å²) in [6.07, 6.45) is 3.57. The highest BCUT2D eigenvalue weighted by Gasteiger charge is 2.07. The van der Waals surface area contributed by atoms with Gasteiger partial charge in [-0.2, -0.15) is 5.10 Å². The second-order valence-corrected chi connectivity index (χ2v) is 4.13. The molecule has 0 saturated carbocycles. The maximum absolute atomic E-state index is 10.9. The van der Waals surface area contributed by atoms with Crippen LogP contribution in [-0.2, 0) is 13.6 Å². The van der Waals surface area contributed by atoms with Gasteiger partial charge in [-0.05, 0) is 12.1 Å². The minimum atomic E-state index is -1.04. The van der Waals surface area contributed by atoms with Crippen LogP contribution in [0.4, 0.5) is 5.82 Å². The summed E-state index contributed by atoms with van der Waals surface area (Å²) < 4.78 is 1.69. The van der Waals surface area contributed by atoms with E-state index >= 15 is 0 Å². The molecule has 2 aromatic heterocycles. The Morgan fingerprint density at radius 3 is 2.94 bits per heavy atom. The lowest BCUT2D eigenvalue weighted by Gasteiger charge is -2.05. The Morgan fingerprint density at radius 2 is 2.33 bits per heavy atom. The quantitative estimate of drug-likeness (QED) is 0.825. The number of carboxylic acid groups (broad SMARTS) is 1. The van der Waals surface area contributed by atoms with Crippen molar-refractivity contribution >= 4 is 23.4 Å². The fraction of sp³-hybridized carbons (Fsp3) is 0.182. The Labute approximate surface area is 108 Å². The molecule has 0 aliphatic heterocycles. The number of nitrogens with zero attached hydrogens (tertiary/aromatic N) is 3. The molecule has 0 radical (unpaired) electrons. The van der Waals surface area contributed by atoms with Crippen molar-refractivity contribution in [3.05, 3.63) is 40.8 Å². The highest BCUT2D eigenvalue weighted by Crippen LogP contribution is 2.15. The number of carbonyl (C=O) groups is 1. The Morgan fingerprint density at radius 1 is 1.56 bits per heavy atom. The summed E-state index contributed by atoms with van der Waals surface area (Å²) in [6, 6.07) is 2.74. The van der Waals surface area contributed by atoms with Crippen LogP contribution in [0, 0.1) is 0 Å². The maximum Gasteiger partial charge on any atom is 0.335 e. The predicted octanol–water partition coefficient (Wildman–Crippen LogP) is 1.78. The van der Waals surface area contributed by atoms with Crippen LogP contribution in [0.25, 0.3) is 0 Å². The summed E-state index contributed by atoms with van der Waals surface area (Å²) in [5, 5.41) is 16.1. The molecule has 2 heterocycles. The van der Waals surface area contributed by atoms with Gasteiger partial charge >= 0.3 is 5.97 Å². The molecular weight excluding hydrogens is 256 g/mol. The second-order valence-electron chi connectivity index (χ2n) is 3.74. The first kappa shape index (κ1) is 12.4. The van der Waals surface area contributed by atoms with Gasteiger partial charge in [-0.15, -0.1) is 0 Å². The van der Waals surface area contributed by atoms with Gasteiger partial charge < -0.3 is 10.4 Å². The number of halogens is 1. The van der Waals surface area contributed by atoms with E-state index in [1.165, 1.54) is 12.1 Å². The van der Waals surface area contributed by atoms with E-state index in [-0.39, 0.29) is 10.7 Å². The van der Waals surface area contributed by atoms with E-state index in [0.29, 0.717) is 12.4 Å². The third-order valence-electron chi connectivity index (χ3n) is 2.27. The Balaban J connectivity index is 2.11. The summed E-state index contributed by atoms with van der Waals surface area (Å²) >= 11 is 5.75. The Bertz CT molecular complexity index is 582. The summed E-state index contributed by atoms with van der Waals surface area (Å²) in [5.74, 6) is -0.618. The average molecular weight is 267 g/mol. The van der Waals surface area contributed by atoms with Crippen molar-refractivity contribution in [1.82, 2.24) is 14.8 Å². The number of rotatable bonds is 4. The van der Waals surface area contributed by atoms with E-state index in [1.807, 2.05) is 13.2 Å². The first-order chi connectivity index (χ1) is 8.54. The van der Waals surface area contributed by atoms with Gasteiger partial charge in [0, 0.05) is 25.4 Å². The smallest absolute Gasteiger partial charge is 0.335 e. The maximum atomic E-state index is 10.9. The molecular formula is C11H11ClN4O2. The van der Waals surface area contributed by atoms with Crippen LogP contribution in [0.1, 0.15) is 15.9 Å². The first-order valence-corrected chi connectivity index (χ1v) is 5.54. The SMILES string of the molecule is Cn1cc(CNc2cc(C(=O)O)cc(Cl)n2)cn1. The molecule has 6 nitrogen and oxygen atoms in total. The number of aromatic carboxylic acids is 1. The minimum Gasteiger partial charge on any atom is -0.478 e. The van der Waals surface area contributed by atoms with Crippen LogP contribution in [0.2, 0.25) is 5.15 Å². The van der Waals surface area contributed by atoms with Gasteiger partial charge in [-0.25, -0.2) is 9.78 Å². The summed E-state index contributed by atoms with van der Waals surface area (Å²) in [7, 11) is 1.82. The molecule has 2 rings (SSSR count). The third-order valence-corrected chi connectivity index (χ3v) is 2.47. The van der Waals surface area contributed by atoms with Crippen molar-refractivity contribution in [2.75, 3.05) is 5.32 Å². The van der Waals surface area contributed by atoms with Crippen LogP contribution in [0.5, 0.6) is 0 Å². The number of anilines is 1. The monoisotopic (exact) mass is 266 g/mol. The van der Waals surface area contributed by atoms with Crippen molar-refractivity contribution in [3.63, 3.8) is 0 Å². The van der Waals surface area contributed by atoms with Crippen molar-refractivity contribution in [1.29, 1.82) is 0 Å². The zero-order valence-electron chi connectivity index (χ0n) is 9.59. The summed E-state index contributed by atoms with van der Waals surface area (Å²) in [4.78, 5) is 14.9. The zero-order chi connectivity index (χ0) is 13.1. The third kappa shape index (κ3) is 2.98. The Kier molecular flexibility index (Phi) is 3.47. The van der Waals surface area contributed by atoms with Gasteiger partial charge in [-0.3, -0.25) is 4.68 Å². The normalized spacial score (nSPS) is 10.3. The zero-order valence-corrected chi connectivity index (χ0v) is 10.3. The van der Waals surface area contributed by atoms with E-state index in [0.717, 1.165) is 5.56 Å². The van der Waals surface area contributed by atoms with E-state index < -0.39 is 5.97 Å². The standard InChI is InChI=1S/C11H11ClN4O2/c1-16-6-7(5-14-16)4-13-10-3-8(11(17)18)2-9(12)15-10/h2-3,5-6H,4H2,1H3,(H,13,15)(H,17,18). The predicted molar refractivity (Wildman–Crippen MR) is 66.7 cm³/mol. The van der Waals surface area contributed by atoms with E-state index in [1.54, 1.807) is 10.9 Å². The number of carboxylic acids is 1. The van der Waals surface area contributed by atoms with Crippen molar-refractivity contribution in [3.8, 4) is 0 Å². The van der Waals surface area contributed by atoms with Crippen LogP contribution in [0.15, 0.2) is 24.5 Å². The van der Waals surface area contributed by atoms with Crippen LogP contribution < -0.4 is 5.32 Å². The van der Waals surface area contributed by atoms with Gasteiger partial charge in [0.25, 0.3) is 0 Å². The topological polar surface area (TPSA) is 80.0 Å². The molecule has 0 bridgehead atoms. The van der Waals surface area contributed by atoms with Gasteiger partial charge in [0.2, 0.25) is 0 Å². The second kappa shape index (κ2) is 5.05. The highest BCUT2D eigenvalue weighted by atomic mass is 35.5. The molecule has 0 spiro atoms. The van der Waals surface area contributed by atoms with Gasteiger partial charge in [0.05, 0.1) is 11.8 Å². The fourth-order valence-corrected chi connectivity index (χ4v) is 1.68.